The van der Waals surface area contributed by atoms with E-state index in [1.807, 2.05) is 74.5 Å². The first kappa shape index (κ1) is 24.3. The molecule has 5 rings (SSSR count). The van der Waals surface area contributed by atoms with Gasteiger partial charge in [0.1, 0.15) is 12.4 Å². The summed E-state index contributed by atoms with van der Waals surface area (Å²) in [5.74, 6) is -2.32. The molecule has 4 aromatic rings. The third-order valence-corrected chi connectivity index (χ3v) is 6.35. The van der Waals surface area contributed by atoms with Gasteiger partial charge >= 0.3 is 0 Å². The molecule has 188 valence electrons. The molecular weight excluding hydrogens is 476 g/mol. The van der Waals surface area contributed by atoms with E-state index >= 15 is 0 Å². The number of anilines is 1. The van der Waals surface area contributed by atoms with E-state index in [1.165, 1.54) is 4.90 Å². The summed E-state index contributed by atoms with van der Waals surface area (Å²) >= 11 is 0. The Labute approximate surface area is 213 Å². The van der Waals surface area contributed by atoms with Gasteiger partial charge in [-0.05, 0) is 19.4 Å². The summed E-state index contributed by atoms with van der Waals surface area (Å²) in [4.78, 5) is 29.8. The Hall–Kier alpha value is -4.40. The van der Waals surface area contributed by atoms with Gasteiger partial charge in [-0.3, -0.25) is 14.2 Å². The van der Waals surface area contributed by atoms with Crippen molar-refractivity contribution in [3.05, 3.63) is 95.8 Å². The number of carbonyl (C=O) groups excluding carboxylic acids is 2. The number of hydrogen-bond acceptors (Lipinski definition) is 4. The van der Waals surface area contributed by atoms with Gasteiger partial charge < -0.3 is 9.80 Å². The Morgan fingerprint density at radius 2 is 1.57 bits per heavy atom. The summed E-state index contributed by atoms with van der Waals surface area (Å²) in [5, 5.41) is 8.41. The molecule has 2 heterocycles. The van der Waals surface area contributed by atoms with Crippen LogP contribution in [0.15, 0.2) is 72.8 Å². The normalized spacial score (nSPS) is 12.8. The lowest BCUT2D eigenvalue weighted by Gasteiger charge is -2.30. The molecule has 0 atom stereocenters. The first-order chi connectivity index (χ1) is 17.8. The molecule has 0 radical (unpaired) electrons. The van der Waals surface area contributed by atoms with E-state index in [1.54, 1.807) is 9.47 Å². The van der Waals surface area contributed by atoms with Crippen LogP contribution in [0.3, 0.4) is 0 Å². The van der Waals surface area contributed by atoms with E-state index in [0.29, 0.717) is 17.9 Å². The summed E-state index contributed by atoms with van der Waals surface area (Å²) in [5.41, 5.74) is 1.91. The largest absolute Gasteiger partial charge is 0.334 e. The third-order valence-electron chi connectivity index (χ3n) is 6.35. The van der Waals surface area contributed by atoms with Crippen LogP contribution in [0.1, 0.15) is 25.2 Å². The lowest BCUT2D eigenvalue weighted by molar-refractivity contribution is -0.133. The Balaban J connectivity index is 1.56. The SMILES string of the molecule is CC(C)N(Cc1ccccc1)C(=O)CN1C(=O)Cc2nnc(-c3ccccc3)n2-c2cc(F)c(F)cc21. The highest BCUT2D eigenvalue weighted by Gasteiger charge is 2.33. The highest BCUT2D eigenvalue weighted by Crippen LogP contribution is 2.35. The maximum absolute atomic E-state index is 14.5. The number of rotatable bonds is 6. The number of nitrogens with zero attached hydrogens (tertiary/aromatic N) is 5. The third kappa shape index (κ3) is 4.72. The van der Waals surface area contributed by atoms with Crippen molar-refractivity contribution in [3.63, 3.8) is 0 Å². The quantitative estimate of drug-likeness (QED) is 0.389. The van der Waals surface area contributed by atoms with Gasteiger partial charge in [0.2, 0.25) is 11.8 Å². The van der Waals surface area contributed by atoms with Crippen LogP contribution in [-0.2, 0) is 22.6 Å². The lowest BCUT2D eigenvalue weighted by atomic mass is 10.1. The predicted octanol–water partition coefficient (Wildman–Crippen LogP) is 4.54. The van der Waals surface area contributed by atoms with Crippen LogP contribution in [0.25, 0.3) is 17.1 Å². The monoisotopic (exact) mass is 501 g/mol. The van der Waals surface area contributed by atoms with Gasteiger partial charge in [0.25, 0.3) is 0 Å². The van der Waals surface area contributed by atoms with Crippen LogP contribution in [0.2, 0.25) is 0 Å². The molecule has 0 aliphatic carbocycles. The molecule has 1 aromatic heterocycles. The molecule has 37 heavy (non-hydrogen) atoms. The van der Waals surface area contributed by atoms with Crippen LogP contribution in [0.4, 0.5) is 14.5 Å². The molecule has 0 saturated heterocycles. The average molecular weight is 502 g/mol. The number of benzene rings is 3. The van der Waals surface area contributed by atoms with Crippen LogP contribution in [-0.4, -0.2) is 44.1 Å². The summed E-state index contributed by atoms with van der Waals surface area (Å²) in [6, 6.07) is 20.5. The Morgan fingerprint density at radius 3 is 2.22 bits per heavy atom. The summed E-state index contributed by atoms with van der Waals surface area (Å²) in [7, 11) is 0. The van der Waals surface area contributed by atoms with E-state index in [-0.39, 0.29) is 42.1 Å². The maximum atomic E-state index is 14.5. The highest BCUT2D eigenvalue weighted by molar-refractivity contribution is 6.02. The second-order valence-corrected chi connectivity index (χ2v) is 9.15. The molecule has 0 N–H and O–H groups in total. The average Bonchev–Trinajstić information content (AvgIpc) is 3.27. The highest BCUT2D eigenvalue weighted by atomic mass is 19.2. The topological polar surface area (TPSA) is 71.3 Å². The molecule has 9 heteroatoms. The first-order valence-electron chi connectivity index (χ1n) is 12.0. The van der Waals surface area contributed by atoms with Crippen molar-refractivity contribution in [2.45, 2.75) is 32.9 Å². The number of hydrogen-bond donors (Lipinski definition) is 0. The van der Waals surface area contributed by atoms with Crippen molar-refractivity contribution in [2.75, 3.05) is 11.4 Å². The van der Waals surface area contributed by atoms with Crippen molar-refractivity contribution in [2.24, 2.45) is 0 Å². The van der Waals surface area contributed by atoms with Crippen molar-refractivity contribution in [1.29, 1.82) is 0 Å². The van der Waals surface area contributed by atoms with Crippen molar-refractivity contribution < 1.29 is 18.4 Å². The summed E-state index contributed by atoms with van der Waals surface area (Å²) in [6.07, 6.45) is -0.189. The van der Waals surface area contributed by atoms with Crippen molar-refractivity contribution in [3.8, 4) is 17.1 Å². The van der Waals surface area contributed by atoms with Crippen molar-refractivity contribution >= 4 is 17.5 Å². The fourth-order valence-electron chi connectivity index (χ4n) is 4.48. The Bertz CT molecular complexity index is 1450. The lowest BCUT2D eigenvalue weighted by Crippen LogP contribution is -2.45. The molecule has 1 aliphatic rings. The van der Waals surface area contributed by atoms with Gasteiger partial charge in [0.05, 0.1) is 17.8 Å². The number of aromatic nitrogens is 3. The van der Waals surface area contributed by atoms with E-state index < -0.39 is 17.5 Å². The van der Waals surface area contributed by atoms with Gasteiger partial charge in [0, 0.05) is 30.3 Å². The summed E-state index contributed by atoms with van der Waals surface area (Å²) < 4.78 is 30.6. The molecule has 0 fully saturated rings. The van der Waals surface area contributed by atoms with E-state index in [4.69, 9.17) is 0 Å². The Morgan fingerprint density at radius 1 is 0.946 bits per heavy atom. The molecule has 0 bridgehead atoms. The Kier molecular flexibility index (Phi) is 6.52. The number of carbonyl (C=O) groups is 2. The fraction of sp³-hybridized carbons (Fsp3) is 0.214. The van der Waals surface area contributed by atoms with Crippen molar-refractivity contribution in [1.82, 2.24) is 19.7 Å². The molecule has 0 spiro atoms. The van der Waals surface area contributed by atoms with Crippen LogP contribution >= 0.6 is 0 Å². The second-order valence-electron chi connectivity index (χ2n) is 9.15. The smallest absolute Gasteiger partial charge is 0.243 e. The summed E-state index contributed by atoms with van der Waals surface area (Å²) in [6.45, 7) is 3.80. The zero-order valence-electron chi connectivity index (χ0n) is 20.4. The number of halogens is 2. The molecule has 1 aliphatic heterocycles. The van der Waals surface area contributed by atoms with Gasteiger partial charge in [0.15, 0.2) is 17.5 Å². The van der Waals surface area contributed by atoms with Gasteiger partial charge in [-0.2, -0.15) is 0 Å². The number of fused-ring (bicyclic) bond motifs is 3. The number of amides is 2. The molecule has 0 unspecified atom stereocenters. The van der Waals surface area contributed by atoms with E-state index in [9.17, 15) is 18.4 Å². The minimum Gasteiger partial charge on any atom is -0.334 e. The fourth-order valence-corrected chi connectivity index (χ4v) is 4.48. The molecular formula is C28H25F2N5O2. The molecule has 0 saturated carbocycles. The van der Waals surface area contributed by atoms with Gasteiger partial charge in [-0.15, -0.1) is 10.2 Å². The standard InChI is InChI=1S/C28H25F2N5O2/c1-18(2)33(16-19-9-5-3-6-10-19)27(37)17-34-23-13-21(29)22(30)14-24(23)35-25(15-26(34)36)31-32-28(35)20-11-7-4-8-12-20/h3-14,18H,15-17H2,1-2H3. The predicted molar refractivity (Wildman–Crippen MR) is 135 cm³/mol. The van der Waals surface area contributed by atoms with E-state index in [2.05, 4.69) is 10.2 Å². The van der Waals surface area contributed by atoms with E-state index in [0.717, 1.165) is 17.7 Å². The van der Waals surface area contributed by atoms with Gasteiger partial charge in [-0.25, -0.2) is 8.78 Å². The van der Waals surface area contributed by atoms with Crippen LogP contribution in [0, 0.1) is 11.6 Å². The molecule has 2 amide bonds. The zero-order valence-corrected chi connectivity index (χ0v) is 20.4. The minimum absolute atomic E-state index is 0.0800. The minimum atomic E-state index is -1.12. The van der Waals surface area contributed by atoms with Crippen LogP contribution < -0.4 is 4.90 Å². The first-order valence-corrected chi connectivity index (χ1v) is 12.0. The zero-order chi connectivity index (χ0) is 26.1. The molecule has 3 aromatic carbocycles. The molecule has 7 nitrogen and oxygen atoms in total. The maximum Gasteiger partial charge on any atom is 0.243 e. The van der Waals surface area contributed by atoms with Crippen LogP contribution in [0.5, 0.6) is 0 Å². The second kappa shape index (κ2) is 9.93. The van der Waals surface area contributed by atoms with Gasteiger partial charge in [-0.1, -0.05) is 60.7 Å².